The van der Waals surface area contributed by atoms with E-state index >= 15 is 0 Å². The van der Waals surface area contributed by atoms with E-state index in [1.807, 2.05) is 0 Å². The standard InChI is InChI=1S/C9H7NO2/c10-8-4-3-7(2-1-5-11)6-9(8)12/h3-6,12H,10H2. The SMILES string of the molecule is Nc1ccc(C#CC=O)cc1O. The monoisotopic (exact) mass is 161 g/mol. The molecule has 12 heavy (non-hydrogen) atoms. The number of benzene rings is 1. The van der Waals surface area contributed by atoms with E-state index in [0.717, 1.165) is 0 Å². The first-order valence-corrected chi connectivity index (χ1v) is 3.27. The number of phenolic OH excluding ortho intramolecular Hbond substituents is 1. The van der Waals surface area contributed by atoms with Crippen LogP contribution in [0.4, 0.5) is 5.69 Å². The van der Waals surface area contributed by atoms with Crippen LogP contribution in [0.5, 0.6) is 5.75 Å². The smallest absolute Gasteiger partial charge is 0.193 e. The highest BCUT2D eigenvalue weighted by Gasteiger charge is 1.95. The zero-order valence-corrected chi connectivity index (χ0v) is 6.24. The summed E-state index contributed by atoms with van der Waals surface area (Å²) >= 11 is 0. The van der Waals surface area contributed by atoms with Gasteiger partial charge in [-0.15, -0.1) is 0 Å². The Morgan fingerprint density at radius 3 is 2.83 bits per heavy atom. The van der Waals surface area contributed by atoms with Crippen LogP contribution in [-0.4, -0.2) is 11.4 Å². The Morgan fingerprint density at radius 2 is 2.25 bits per heavy atom. The Kier molecular flexibility index (Phi) is 2.34. The number of carbonyl (C=O) groups is 1. The third-order valence-corrected chi connectivity index (χ3v) is 1.31. The molecule has 0 aromatic heterocycles. The Morgan fingerprint density at radius 1 is 1.50 bits per heavy atom. The summed E-state index contributed by atoms with van der Waals surface area (Å²) in [4.78, 5) is 9.87. The number of nitrogen functional groups attached to an aromatic ring is 1. The van der Waals surface area contributed by atoms with Gasteiger partial charge in [-0.25, -0.2) is 0 Å². The first kappa shape index (κ1) is 8.15. The molecule has 0 aliphatic carbocycles. The van der Waals surface area contributed by atoms with Gasteiger partial charge in [0, 0.05) is 5.56 Å². The molecule has 0 radical (unpaired) electrons. The Labute approximate surface area is 69.8 Å². The van der Waals surface area contributed by atoms with E-state index in [-0.39, 0.29) is 5.75 Å². The minimum absolute atomic E-state index is 0.0206. The Balaban J connectivity index is 3.04. The highest BCUT2D eigenvalue weighted by Crippen LogP contribution is 2.19. The third kappa shape index (κ3) is 1.77. The summed E-state index contributed by atoms with van der Waals surface area (Å²) in [7, 11) is 0. The van der Waals surface area contributed by atoms with E-state index in [1.165, 1.54) is 12.1 Å². The van der Waals surface area contributed by atoms with Crippen molar-refractivity contribution in [3.63, 3.8) is 0 Å². The molecule has 0 heterocycles. The van der Waals surface area contributed by atoms with Gasteiger partial charge >= 0.3 is 0 Å². The molecule has 3 nitrogen and oxygen atoms in total. The normalized spacial score (nSPS) is 8.33. The number of hydrogen-bond acceptors (Lipinski definition) is 3. The van der Waals surface area contributed by atoms with E-state index < -0.39 is 0 Å². The molecule has 0 aliphatic heterocycles. The van der Waals surface area contributed by atoms with E-state index in [9.17, 15) is 4.79 Å². The summed E-state index contributed by atoms with van der Waals surface area (Å²) in [5.41, 5.74) is 6.21. The molecule has 0 saturated carbocycles. The van der Waals surface area contributed by atoms with Gasteiger partial charge in [-0.3, -0.25) is 4.79 Å². The molecule has 60 valence electrons. The van der Waals surface area contributed by atoms with Crippen LogP contribution in [0.2, 0.25) is 0 Å². The lowest BCUT2D eigenvalue weighted by Gasteiger charge is -1.96. The number of hydrogen-bond donors (Lipinski definition) is 2. The fourth-order valence-corrected chi connectivity index (χ4v) is 0.734. The Hall–Kier alpha value is -1.95. The zero-order chi connectivity index (χ0) is 8.97. The van der Waals surface area contributed by atoms with E-state index in [2.05, 4.69) is 11.8 Å². The molecule has 0 spiro atoms. The molecule has 0 bridgehead atoms. The van der Waals surface area contributed by atoms with Gasteiger partial charge in [0.1, 0.15) is 5.75 Å². The molecule has 0 amide bonds. The molecule has 0 aliphatic rings. The molecular formula is C9H7NO2. The second-order valence-corrected chi connectivity index (χ2v) is 2.16. The van der Waals surface area contributed by atoms with E-state index in [1.54, 1.807) is 6.07 Å². The summed E-state index contributed by atoms with van der Waals surface area (Å²) < 4.78 is 0. The summed E-state index contributed by atoms with van der Waals surface area (Å²) in [6.45, 7) is 0. The summed E-state index contributed by atoms with van der Waals surface area (Å²) in [6, 6.07) is 4.57. The lowest BCUT2D eigenvalue weighted by atomic mass is 10.2. The predicted molar refractivity (Wildman–Crippen MR) is 45.5 cm³/mol. The van der Waals surface area contributed by atoms with Crippen molar-refractivity contribution in [3.05, 3.63) is 23.8 Å². The van der Waals surface area contributed by atoms with Gasteiger partial charge < -0.3 is 10.8 Å². The van der Waals surface area contributed by atoms with Gasteiger partial charge in [0.15, 0.2) is 6.29 Å². The van der Waals surface area contributed by atoms with Gasteiger partial charge in [-0.2, -0.15) is 0 Å². The number of aromatic hydroxyl groups is 1. The topological polar surface area (TPSA) is 63.3 Å². The van der Waals surface area contributed by atoms with Crippen molar-refractivity contribution in [2.24, 2.45) is 0 Å². The molecule has 1 rings (SSSR count). The van der Waals surface area contributed by atoms with Gasteiger partial charge in [0.25, 0.3) is 0 Å². The van der Waals surface area contributed by atoms with Crippen molar-refractivity contribution >= 4 is 12.0 Å². The van der Waals surface area contributed by atoms with Gasteiger partial charge in [0.2, 0.25) is 0 Å². The number of nitrogens with two attached hydrogens (primary N) is 1. The van der Waals surface area contributed by atoms with Crippen molar-refractivity contribution < 1.29 is 9.90 Å². The predicted octanol–water partition coefficient (Wildman–Crippen LogP) is 0.525. The highest BCUT2D eigenvalue weighted by atomic mass is 16.3. The summed E-state index contributed by atoms with van der Waals surface area (Å²) in [5.74, 6) is 4.74. The number of anilines is 1. The van der Waals surface area contributed by atoms with E-state index in [0.29, 0.717) is 17.5 Å². The Bertz CT molecular complexity index is 361. The number of phenols is 1. The molecular weight excluding hydrogens is 154 g/mol. The van der Waals surface area contributed by atoms with Crippen LogP contribution in [0.3, 0.4) is 0 Å². The van der Waals surface area contributed by atoms with Gasteiger partial charge in [-0.05, 0) is 24.1 Å². The van der Waals surface area contributed by atoms with Crippen molar-refractivity contribution in [1.82, 2.24) is 0 Å². The van der Waals surface area contributed by atoms with Crippen LogP contribution in [0.1, 0.15) is 5.56 Å². The van der Waals surface area contributed by atoms with Crippen LogP contribution in [0.15, 0.2) is 18.2 Å². The minimum atomic E-state index is -0.0206. The fourth-order valence-electron chi connectivity index (χ4n) is 0.734. The fraction of sp³-hybridized carbons (Fsp3) is 0. The average molecular weight is 161 g/mol. The van der Waals surface area contributed by atoms with Crippen LogP contribution >= 0.6 is 0 Å². The van der Waals surface area contributed by atoms with E-state index in [4.69, 9.17) is 10.8 Å². The second-order valence-electron chi connectivity index (χ2n) is 2.16. The molecule has 0 unspecified atom stereocenters. The van der Waals surface area contributed by atoms with Crippen molar-refractivity contribution in [3.8, 4) is 17.6 Å². The largest absolute Gasteiger partial charge is 0.506 e. The number of rotatable bonds is 0. The second kappa shape index (κ2) is 3.44. The lowest BCUT2D eigenvalue weighted by Crippen LogP contribution is -1.85. The van der Waals surface area contributed by atoms with Crippen molar-refractivity contribution in [2.75, 3.05) is 5.73 Å². The number of carbonyl (C=O) groups excluding carboxylic acids is 1. The quantitative estimate of drug-likeness (QED) is 0.252. The van der Waals surface area contributed by atoms with Gasteiger partial charge in [-0.1, -0.05) is 5.92 Å². The molecule has 3 heteroatoms. The summed E-state index contributed by atoms with van der Waals surface area (Å²) in [6.07, 6.45) is 0.493. The zero-order valence-electron chi connectivity index (χ0n) is 6.24. The van der Waals surface area contributed by atoms with Crippen molar-refractivity contribution in [1.29, 1.82) is 0 Å². The van der Waals surface area contributed by atoms with Gasteiger partial charge in [0.05, 0.1) is 5.69 Å². The molecule has 0 atom stereocenters. The third-order valence-electron chi connectivity index (χ3n) is 1.31. The molecule has 3 N–H and O–H groups in total. The van der Waals surface area contributed by atoms with Crippen LogP contribution < -0.4 is 5.73 Å². The van der Waals surface area contributed by atoms with Crippen molar-refractivity contribution in [2.45, 2.75) is 0 Å². The molecule has 0 saturated heterocycles. The average Bonchev–Trinajstić information content (AvgIpc) is 2.07. The van der Waals surface area contributed by atoms with Crippen LogP contribution in [0.25, 0.3) is 0 Å². The minimum Gasteiger partial charge on any atom is -0.506 e. The maximum absolute atomic E-state index is 9.87. The summed E-state index contributed by atoms with van der Waals surface area (Å²) in [5, 5.41) is 9.12. The molecule has 1 aromatic rings. The molecule has 0 fully saturated rings. The maximum atomic E-state index is 9.87. The van der Waals surface area contributed by atoms with Crippen LogP contribution in [-0.2, 0) is 4.79 Å². The first-order chi connectivity index (χ1) is 5.74. The van der Waals surface area contributed by atoms with Crippen LogP contribution in [0, 0.1) is 11.8 Å². The molecule has 1 aromatic carbocycles. The number of aldehydes is 1. The first-order valence-electron chi connectivity index (χ1n) is 3.27. The highest BCUT2D eigenvalue weighted by molar-refractivity contribution is 5.74. The maximum Gasteiger partial charge on any atom is 0.193 e. The lowest BCUT2D eigenvalue weighted by molar-refractivity contribution is -0.103.